The highest BCUT2D eigenvalue weighted by atomic mass is 19.1. The second kappa shape index (κ2) is 6.02. The fourth-order valence-electron chi connectivity index (χ4n) is 2.00. The molecule has 2 aromatic rings. The van der Waals surface area contributed by atoms with Gasteiger partial charge in [0.15, 0.2) is 0 Å². The van der Waals surface area contributed by atoms with Gasteiger partial charge in [0.1, 0.15) is 17.3 Å². The van der Waals surface area contributed by atoms with Crippen molar-refractivity contribution >= 4 is 0 Å². The maximum Gasteiger partial charge on any atom is 0.134 e. The van der Waals surface area contributed by atoms with E-state index in [4.69, 9.17) is 4.42 Å². The fourth-order valence-corrected chi connectivity index (χ4v) is 2.00. The second-order valence-corrected chi connectivity index (χ2v) is 4.84. The molecular formula is C16H20FNO. The van der Waals surface area contributed by atoms with Crippen molar-refractivity contribution in [2.24, 2.45) is 0 Å². The molecule has 0 aliphatic carbocycles. The van der Waals surface area contributed by atoms with Gasteiger partial charge in [0.2, 0.25) is 0 Å². The predicted octanol–water partition coefficient (Wildman–Crippen LogP) is 4.45. The number of hydrogen-bond acceptors (Lipinski definition) is 2. The average molecular weight is 261 g/mol. The van der Waals surface area contributed by atoms with Crippen molar-refractivity contribution in [2.45, 2.75) is 33.2 Å². The van der Waals surface area contributed by atoms with Gasteiger partial charge in [-0.3, -0.25) is 0 Å². The molecule has 1 aromatic heterocycles. The molecule has 1 atom stereocenters. The molecular weight excluding hydrogens is 241 g/mol. The summed E-state index contributed by atoms with van der Waals surface area (Å²) in [4.78, 5) is 0. The summed E-state index contributed by atoms with van der Waals surface area (Å²) < 4.78 is 19.1. The van der Waals surface area contributed by atoms with Crippen molar-refractivity contribution in [1.29, 1.82) is 0 Å². The molecule has 2 nitrogen and oxygen atoms in total. The minimum atomic E-state index is -0.187. The number of rotatable bonds is 5. The van der Waals surface area contributed by atoms with E-state index >= 15 is 0 Å². The highest BCUT2D eigenvalue weighted by molar-refractivity contribution is 5.58. The van der Waals surface area contributed by atoms with Crippen LogP contribution in [-0.2, 0) is 0 Å². The van der Waals surface area contributed by atoms with E-state index in [0.29, 0.717) is 5.56 Å². The smallest absolute Gasteiger partial charge is 0.134 e. The summed E-state index contributed by atoms with van der Waals surface area (Å²) in [5.74, 6) is 1.50. The molecule has 0 amide bonds. The van der Waals surface area contributed by atoms with Gasteiger partial charge in [0.25, 0.3) is 0 Å². The van der Waals surface area contributed by atoms with Crippen LogP contribution >= 0.6 is 0 Å². The average Bonchev–Trinajstić information content (AvgIpc) is 2.89. The van der Waals surface area contributed by atoms with Crippen molar-refractivity contribution in [3.05, 3.63) is 47.5 Å². The first kappa shape index (κ1) is 13.8. The van der Waals surface area contributed by atoms with E-state index in [1.165, 1.54) is 6.07 Å². The van der Waals surface area contributed by atoms with Crippen LogP contribution in [0.4, 0.5) is 4.39 Å². The summed E-state index contributed by atoms with van der Waals surface area (Å²) >= 11 is 0. The monoisotopic (exact) mass is 261 g/mol. The number of benzene rings is 1. The third kappa shape index (κ3) is 3.24. The Balaban J connectivity index is 2.18. The van der Waals surface area contributed by atoms with E-state index in [-0.39, 0.29) is 11.9 Å². The van der Waals surface area contributed by atoms with Gasteiger partial charge in [-0.2, -0.15) is 0 Å². The van der Waals surface area contributed by atoms with Gasteiger partial charge in [-0.25, -0.2) is 4.39 Å². The lowest BCUT2D eigenvalue weighted by Crippen LogP contribution is -2.18. The molecule has 0 saturated heterocycles. The zero-order valence-electron chi connectivity index (χ0n) is 11.7. The Kier molecular flexibility index (Phi) is 4.38. The van der Waals surface area contributed by atoms with Crippen molar-refractivity contribution in [2.75, 3.05) is 6.54 Å². The van der Waals surface area contributed by atoms with Crippen LogP contribution in [0.2, 0.25) is 0 Å². The molecule has 102 valence electrons. The van der Waals surface area contributed by atoms with Crippen molar-refractivity contribution < 1.29 is 8.81 Å². The minimum Gasteiger partial charge on any atom is -0.459 e. The molecule has 0 aliphatic rings. The highest BCUT2D eigenvalue weighted by Gasteiger charge is 2.11. The quantitative estimate of drug-likeness (QED) is 0.860. The van der Waals surface area contributed by atoms with Crippen LogP contribution in [0.25, 0.3) is 11.3 Å². The molecule has 0 aliphatic heterocycles. The Morgan fingerprint density at radius 1 is 1.26 bits per heavy atom. The lowest BCUT2D eigenvalue weighted by atomic mass is 10.1. The van der Waals surface area contributed by atoms with Gasteiger partial charge < -0.3 is 9.73 Å². The zero-order valence-corrected chi connectivity index (χ0v) is 11.7. The van der Waals surface area contributed by atoms with E-state index in [2.05, 4.69) is 19.2 Å². The first-order valence-electron chi connectivity index (χ1n) is 6.71. The number of hydrogen-bond donors (Lipinski definition) is 1. The van der Waals surface area contributed by atoms with E-state index < -0.39 is 0 Å². The topological polar surface area (TPSA) is 25.2 Å². The van der Waals surface area contributed by atoms with Crippen molar-refractivity contribution in [1.82, 2.24) is 5.32 Å². The summed E-state index contributed by atoms with van der Waals surface area (Å²) in [6.07, 6.45) is 1.09. The van der Waals surface area contributed by atoms with E-state index in [1.54, 1.807) is 13.0 Å². The third-order valence-corrected chi connectivity index (χ3v) is 3.20. The standard InChI is InChI=1S/C16H20FNO/c1-4-9-18-12(3)15-7-8-16(19-15)13-5-6-14(17)11(2)10-13/h5-8,10,12,18H,4,9H2,1-3H3. The summed E-state index contributed by atoms with van der Waals surface area (Å²) in [6, 6.07) is 9.13. The normalized spacial score (nSPS) is 12.6. The highest BCUT2D eigenvalue weighted by Crippen LogP contribution is 2.26. The molecule has 1 heterocycles. The van der Waals surface area contributed by atoms with Crippen molar-refractivity contribution in [3.63, 3.8) is 0 Å². The molecule has 0 saturated carbocycles. The number of nitrogens with one attached hydrogen (secondary N) is 1. The molecule has 3 heteroatoms. The molecule has 1 aromatic carbocycles. The predicted molar refractivity (Wildman–Crippen MR) is 75.5 cm³/mol. The minimum absolute atomic E-state index is 0.187. The fraction of sp³-hybridized carbons (Fsp3) is 0.375. The first-order chi connectivity index (χ1) is 9.11. The van der Waals surface area contributed by atoms with Crippen LogP contribution in [0.15, 0.2) is 34.7 Å². The molecule has 0 bridgehead atoms. The van der Waals surface area contributed by atoms with E-state index in [1.807, 2.05) is 18.2 Å². The first-order valence-corrected chi connectivity index (χ1v) is 6.71. The van der Waals surface area contributed by atoms with Crippen molar-refractivity contribution in [3.8, 4) is 11.3 Å². The Labute approximate surface area is 113 Å². The van der Waals surface area contributed by atoms with E-state index in [0.717, 1.165) is 30.0 Å². The Bertz CT molecular complexity index is 547. The second-order valence-electron chi connectivity index (χ2n) is 4.84. The third-order valence-electron chi connectivity index (χ3n) is 3.20. The molecule has 0 fully saturated rings. The maximum atomic E-state index is 13.2. The van der Waals surface area contributed by atoms with Crippen LogP contribution in [-0.4, -0.2) is 6.54 Å². The number of furan rings is 1. The molecule has 19 heavy (non-hydrogen) atoms. The largest absolute Gasteiger partial charge is 0.459 e. The van der Waals surface area contributed by atoms with Gasteiger partial charge in [-0.1, -0.05) is 6.92 Å². The van der Waals surface area contributed by atoms with Gasteiger partial charge in [0.05, 0.1) is 6.04 Å². The SMILES string of the molecule is CCCNC(C)c1ccc(-c2ccc(F)c(C)c2)o1. The van der Waals surface area contributed by atoms with Gasteiger partial charge >= 0.3 is 0 Å². The molecule has 0 radical (unpaired) electrons. The molecule has 0 spiro atoms. The summed E-state index contributed by atoms with van der Waals surface area (Å²) in [5, 5.41) is 3.38. The Morgan fingerprint density at radius 2 is 2.05 bits per heavy atom. The van der Waals surface area contributed by atoms with Crippen LogP contribution in [0.1, 0.15) is 37.6 Å². The zero-order chi connectivity index (χ0) is 13.8. The number of halogens is 1. The van der Waals surface area contributed by atoms with Crippen LogP contribution in [0.5, 0.6) is 0 Å². The summed E-state index contributed by atoms with van der Waals surface area (Å²) in [7, 11) is 0. The van der Waals surface area contributed by atoms with Crippen LogP contribution in [0, 0.1) is 12.7 Å². The lowest BCUT2D eigenvalue weighted by Gasteiger charge is -2.09. The lowest BCUT2D eigenvalue weighted by molar-refractivity contribution is 0.438. The van der Waals surface area contributed by atoms with Crippen LogP contribution in [0.3, 0.4) is 0 Å². The van der Waals surface area contributed by atoms with Gasteiger partial charge in [0, 0.05) is 5.56 Å². The Hall–Kier alpha value is -1.61. The van der Waals surface area contributed by atoms with Crippen LogP contribution < -0.4 is 5.32 Å². The van der Waals surface area contributed by atoms with Gasteiger partial charge in [-0.15, -0.1) is 0 Å². The number of aryl methyl sites for hydroxylation is 1. The molecule has 2 rings (SSSR count). The summed E-state index contributed by atoms with van der Waals surface area (Å²) in [6.45, 7) is 6.93. The maximum absolute atomic E-state index is 13.2. The molecule has 1 N–H and O–H groups in total. The molecule has 1 unspecified atom stereocenters. The Morgan fingerprint density at radius 3 is 2.74 bits per heavy atom. The van der Waals surface area contributed by atoms with Gasteiger partial charge in [-0.05, 0) is 62.7 Å². The van der Waals surface area contributed by atoms with E-state index in [9.17, 15) is 4.39 Å². The summed E-state index contributed by atoms with van der Waals surface area (Å²) in [5.41, 5.74) is 1.54.